The number of aromatic nitrogens is 2. The summed E-state index contributed by atoms with van der Waals surface area (Å²) in [6, 6.07) is 5.14. The van der Waals surface area contributed by atoms with E-state index in [4.69, 9.17) is 21.1 Å². The van der Waals surface area contributed by atoms with E-state index in [0.717, 1.165) is 32.1 Å². The third-order valence-corrected chi connectivity index (χ3v) is 4.74. The van der Waals surface area contributed by atoms with Gasteiger partial charge in [0.05, 0.1) is 22.4 Å². The van der Waals surface area contributed by atoms with Gasteiger partial charge in [-0.1, -0.05) is 11.6 Å². The van der Waals surface area contributed by atoms with E-state index in [1.807, 2.05) is 0 Å². The van der Waals surface area contributed by atoms with Gasteiger partial charge in [-0.2, -0.15) is 10.4 Å². The summed E-state index contributed by atoms with van der Waals surface area (Å²) in [7, 11) is 0. The van der Waals surface area contributed by atoms with Crippen LogP contribution < -0.4 is 4.74 Å². The molecule has 0 bridgehead atoms. The first-order valence-electron chi connectivity index (χ1n) is 8.43. The zero-order valence-electron chi connectivity index (χ0n) is 13.5. The highest BCUT2D eigenvalue weighted by atomic mass is 35.5. The fraction of sp³-hybridized carbons (Fsp3) is 0.444. The maximum atomic E-state index is 14.9. The normalized spacial score (nSPS) is 20.3. The second kappa shape index (κ2) is 6.66. The predicted octanol–water partition coefficient (Wildman–Crippen LogP) is 4.45. The van der Waals surface area contributed by atoms with Crippen molar-refractivity contribution in [2.75, 3.05) is 6.61 Å². The summed E-state index contributed by atoms with van der Waals surface area (Å²) in [5.41, 5.74) is 0.743. The summed E-state index contributed by atoms with van der Waals surface area (Å²) >= 11 is 6.08. The molecule has 2 fully saturated rings. The molecule has 1 saturated carbocycles. The first kappa shape index (κ1) is 16.4. The molecule has 2 aliphatic rings. The van der Waals surface area contributed by atoms with Gasteiger partial charge in [0.15, 0.2) is 12.0 Å². The van der Waals surface area contributed by atoms with E-state index in [9.17, 15) is 9.65 Å². The standard InChI is InChI=1S/C18H17ClFN3O2/c19-13-9-15(25-11-4-5-11)12(10-21)17(18(13)20)14-6-7-22-23(14)16-3-1-2-8-24-16/h6-7,9,11,16H,1-5,8H2. The summed E-state index contributed by atoms with van der Waals surface area (Å²) < 4.78 is 28.0. The molecule has 0 amide bonds. The largest absolute Gasteiger partial charge is 0.489 e. The minimum atomic E-state index is -0.640. The highest BCUT2D eigenvalue weighted by Crippen LogP contribution is 2.40. The molecule has 1 saturated heterocycles. The monoisotopic (exact) mass is 361 g/mol. The Morgan fingerprint density at radius 2 is 2.20 bits per heavy atom. The lowest BCUT2D eigenvalue weighted by Gasteiger charge is -2.25. The second-order valence-corrected chi connectivity index (χ2v) is 6.74. The Morgan fingerprint density at radius 3 is 2.88 bits per heavy atom. The molecule has 1 aliphatic carbocycles. The number of rotatable bonds is 4. The van der Waals surface area contributed by atoms with Crippen LogP contribution >= 0.6 is 11.6 Å². The predicted molar refractivity (Wildman–Crippen MR) is 89.8 cm³/mol. The van der Waals surface area contributed by atoms with Crippen LogP contribution in [-0.2, 0) is 4.74 Å². The minimum Gasteiger partial charge on any atom is -0.489 e. The lowest BCUT2D eigenvalue weighted by molar-refractivity contribution is -0.0384. The van der Waals surface area contributed by atoms with Crippen LogP contribution in [0.3, 0.4) is 0 Å². The molecule has 1 unspecified atom stereocenters. The molecule has 4 rings (SSSR count). The highest BCUT2D eigenvalue weighted by molar-refractivity contribution is 6.31. The van der Waals surface area contributed by atoms with Gasteiger partial charge in [0.1, 0.15) is 17.4 Å². The molecular formula is C18H17ClFN3O2. The molecule has 25 heavy (non-hydrogen) atoms. The quantitative estimate of drug-likeness (QED) is 0.807. The van der Waals surface area contributed by atoms with Gasteiger partial charge >= 0.3 is 0 Å². The van der Waals surface area contributed by atoms with E-state index < -0.39 is 5.82 Å². The molecule has 0 N–H and O–H groups in total. The molecule has 0 spiro atoms. The summed E-state index contributed by atoms with van der Waals surface area (Å²) in [5.74, 6) is -0.317. The van der Waals surface area contributed by atoms with Crippen molar-refractivity contribution in [3.05, 3.63) is 34.7 Å². The lowest BCUT2D eigenvalue weighted by atomic mass is 10.0. The summed E-state index contributed by atoms with van der Waals surface area (Å²) in [6.07, 6.45) is 6.07. The fourth-order valence-corrected chi connectivity index (χ4v) is 3.26. The van der Waals surface area contributed by atoms with Gasteiger partial charge in [0.2, 0.25) is 0 Å². The summed E-state index contributed by atoms with van der Waals surface area (Å²) in [5, 5.41) is 13.9. The van der Waals surface area contributed by atoms with Gasteiger partial charge in [-0.05, 0) is 38.2 Å². The van der Waals surface area contributed by atoms with E-state index in [0.29, 0.717) is 18.1 Å². The van der Waals surface area contributed by atoms with E-state index in [-0.39, 0.29) is 28.5 Å². The van der Waals surface area contributed by atoms with Crippen molar-refractivity contribution in [2.24, 2.45) is 0 Å². The highest BCUT2D eigenvalue weighted by Gasteiger charge is 2.29. The van der Waals surface area contributed by atoms with Crippen LogP contribution in [0.25, 0.3) is 11.3 Å². The zero-order chi connectivity index (χ0) is 17.4. The Labute approximate surface area is 149 Å². The van der Waals surface area contributed by atoms with Gasteiger partial charge in [-0.15, -0.1) is 0 Å². The van der Waals surface area contributed by atoms with E-state index in [2.05, 4.69) is 11.2 Å². The maximum Gasteiger partial charge on any atom is 0.152 e. The van der Waals surface area contributed by atoms with Crippen molar-refractivity contribution in [1.82, 2.24) is 9.78 Å². The van der Waals surface area contributed by atoms with Crippen molar-refractivity contribution in [1.29, 1.82) is 5.26 Å². The third-order valence-electron chi connectivity index (χ3n) is 4.47. The average Bonchev–Trinajstić information content (AvgIpc) is 3.31. The van der Waals surface area contributed by atoms with Crippen LogP contribution in [0.4, 0.5) is 4.39 Å². The average molecular weight is 362 g/mol. The molecule has 1 atom stereocenters. The number of nitriles is 1. The topological polar surface area (TPSA) is 60.1 Å². The molecule has 5 nitrogen and oxygen atoms in total. The van der Waals surface area contributed by atoms with Gasteiger partial charge < -0.3 is 9.47 Å². The van der Waals surface area contributed by atoms with Gasteiger partial charge in [0.25, 0.3) is 0 Å². The molecule has 2 heterocycles. The number of nitrogens with zero attached hydrogens (tertiary/aromatic N) is 3. The maximum absolute atomic E-state index is 14.9. The van der Waals surface area contributed by atoms with Crippen LogP contribution in [0.5, 0.6) is 5.75 Å². The second-order valence-electron chi connectivity index (χ2n) is 6.33. The molecule has 1 aliphatic heterocycles. The minimum absolute atomic E-state index is 0.0676. The van der Waals surface area contributed by atoms with Crippen LogP contribution in [0, 0.1) is 17.1 Å². The summed E-state index contributed by atoms with van der Waals surface area (Å²) in [4.78, 5) is 0. The van der Waals surface area contributed by atoms with Crippen LogP contribution in [0.2, 0.25) is 5.02 Å². The smallest absolute Gasteiger partial charge is 0.152 e. The Kier molecular flexibility index (Phi) is 4.36. The molecule has 0 radical (unpaired) electrons. The molecule has 1 aromatic carbocycles. The Bertz CT molecular complexity index is 836. The fourth-order valence-electron chi connectivity index (χ4n) is 3.07. The number of benzene rings is 1. The molecule has 130 valence electrons. The van der Waals surface area contributed by atoms with Crippen LogP contribution in [-0.4, -0.2) is 22.5 Å². The first-order chi connectivity index (χ1) is 12.2. The van der Waals surface area contributed by atoms with Crippen LogP contribution in [0.1, 0.15) is 43.9 Å². The summed E-state index contributed by atoms with van der Waals surface area (Å²) in [6.45, 7) is 0.642. The van der Waals surface area contributed by atoms with E-state index in [1.54, 1.807) is 16.9 Å². The van der Waals surface area contributed by atoms with Gasteiger partial charge in [0, 0.05) is 18.9 Å². The molecular weight excluding hydrogens is 345 g/mol. The van der Waals surface area contributed by atoms with Crippen molar-refractivity contribution in [3.63, 3.8) is 0 Å². The number of hydrogen-bond acceptors (Lipinski definition) is 4. The Morgan fingerprint density at radius 1 is 1.36 bits per heavy atom. The zero-order valence-corrected chi connectivity index (χ0v) is 14.3. The Balaban J connectivity index is 1.83. The first-order valence-corrected chi connectivity index (χ1v) is 8.81. The molecule has 1 aromatic heterocycles. The lowest BCUT2D eigenvalue weighted by Crippen LogP contribution is -2.20. The third kappa shape index (κ3) is 3.10. The van der Waals surface area contributed by atoms with Crippen molar-refractivity contribution < 1.29 is 13.9 Å². The molecule has 2 aromatic rings. The van der Waals surface area contributed by atoms with Gasteiger partial charge in [-0.25, -0.2) is 9.07 Å². The van der Waals surface area contributed by atoms with E-state index in [1.165, 1.54) is 6.07 Å². The van der Waals surface area contributed by atoms with E-state index >= 15 is 0 Å². The SMILES string of the molecule is N#Cc1c(OC2CC2)cc(Cl)c(F)c1-c1ccnn1C1CCCCO1. The number of ether oxygens (including phenoxy) is 2. The van der Waals surface area contributed by atoms with Crippen molar-refractivity contribution in [3.8, 4) is 23.1 Å². The van der Waals surface area contributed by atoms with Gasteiger partial charge in [-0.3, -0.25) is 0 Å². The number of hydrogen-bond donors (Lipinski definition) is 0. The number of halogens is 2. The van der Waals surface area contributed by atoms with Crippen molar-refractivity contribution >= 4 is 11.6 Å². The van der Waals surface area contributed by atoms with Crippen molar-refractivity contribution in [2.45, 2.75) is 44.4 Å². The molecule has 7 heteroatoms. The van der Waals surface area contributed by atoms with Crippen LogP contribution in [0.15, 0.2) is 18.3 Å². The Hall–Kier alpha value is -2.10.